The Kier molecular flexibility index (Phi) is 4.94. The van der Waals surface area contributed by atoms with Crippen molar-refractivity contribution < 1.29 is 14.4 Å². The number of amides is 3. The number of hydrogen-bond donors (Lipinski definition) is 1. The standard InChI is InChI=1S/C18H22N2O3S/c1-11-7-12(2)9-13(8-11)17(22)19-14-5-3-4-6-15(14)20-16(21)10-24-18(20)23/h7-9,14-15H,3-6,10H2,1-2H3,(H,19,22)/t14-,15+/m1/s1. The van der Waals surface area contributed by atoms with Crippen LogP contribution in [-0.2, 0) is 4.79 Å². The molecule has 1 N–H and O–H groups in total. The molecule has 0 aromatic heterocycles. The number of thioether (sulfide) groups is 1. The Hall–Kier alpha value is -1.82. The van der Waals surface area contributed by atoms with Gasteiger partial charge >= 0.3 is 0 Å². The summed E-state index contributed by atoms with van der Waals surface area (Å²) >= 11 is 1.05. The van der Waals surface area contributed by atoms with Gasteiger partial charge in [-0.05, 0) is 38.8 Å². The number of rotatable bonds is 3. The van der Waals surface area contributed by atoms with Crippen LogP contribution in [0.3, 0.4) is 0 Å². The van der Waals surface area contributed by atoms with Crippen LogP contribution in [0.4, 0.5) is 4.79 Å². The van der Waals surface area contributed by atoms with Crippen molar-refractivity contribution >= 4 is 28.8 Å². The molecule has 2 fully saturated rings. The Morgan fingerprint density at radius 2 is 1.79 bits per heavy atom. The van der Waals surface area contributed by atoms with Gasteiger partial charge in [-0.2, -0.15) is 0 Å². The minimum absolute atomic E-state index is 0.134. The predicted octanol–water partition coefficient (Wildman–Crippen LogP) is 3.04. The second kappa shape index (κ2) is 6.97. The van der Waals surface area contributed by atoms with Gasteiger partial charge < -0.3 is 5.32 Å². The SMILES string of the molecule is Cc1cc(C)cc(C(=O)N[C@@H]2CCCC[C@@H]2N2C(=O)CSC2=O)c1. The minimum Gasteiger partial charge on any atom is -0.347 e. The number of carbonyl (C=O) groups is 3. The molecule has 128 valence electrons. The lowest BCUT2D eigenvalue weighted by Crippen LogP contribution is -2.54. The molecule has 5 nitrogen and oxygen atoms in total. The van der Waals surface area contributed by atoms with Gasteiger partial charge in [0.15, 0.2) is 0 Å². The summed E-state index contributed by atoms with van der Waals surface area (Å²) in [4.78, 5) is 38.1. The summed E-state index contributed by atoms with van der Waals surface area (Å²) < 4.78 is 0. The van der Waals surface area contributed by atoms with E-state index in [-0.39, 0.29) is 34.9 Å². The van der Waals surface area contributed by atoms with Crippen molar-refractivity contribution in [1.29, 1.82) is 0 Å². The molecule has 0 bridgehead atoms. The first kappa shape index (κ1) is 17.0. The predicted molar refractivity (Wildman–Crippen MR) is 94.1 cm³/mol. The van der Waals surface area contributed by atoms with Gasteiger partial charge in [-0.15, -0.1) is 0 Å². The number of aryl methyl sites for hydroxylation is 2. The maximum absolute atomic E-state index is 12.6. The fourth-order valence-electron chi connectivity index (χ4n) is 3.63. The molecule has 0 spiro atoms. The van der Waals surface area contributed by atoms with E-state index in [4.69, 9.17) is 0 Å². The van der Waals surface area contributed by atoms with Crippen LogP contribution in [0.15, 0.2) is 18.2 Å². The van der Waals surface area contributed by atoms with Crippen molar-refractivity contribution in [3.05, 3.63) is 34.9 Å². The third-order valence-corrected chi connectivity index (χ3v) is 5.48. The third kappa shape index (κ3) is 3.48. The zero-order valence-electron chi connectivity index (χ0n) is 14.0. The zero-order chi connectivity index (χ0) is 17.3. The van der Waals surface area contributed by atoms with Crippen LogP contribution >= 0.6 is 11.8 Å². The fourth-order valence-corrected chi connectivity index (χ4v) is 4.39. The van der Waals surface area contributed by atoms with Gasteiger partial charge in [-0.1, -0.05) is 41.8 Å². The molecule has 3 rings (SSSR count). The van der Waals surface area contributed by atoms with E-state index in [0.29, 0.717) is 5.56 Å². The summed E-state index contributed by atoms with van der Waals surface area (Å²) in [6.45, 7) is 3.93. The van der Waals surface area contributed by atoms with E-state index in [0.717, 1.165) is 48.6 Å². The summed E-state index contributed by atoms with van der Waals surface area (Å²) in [5.41, 5.74) is 2.72. The summed E-state index contributed by atoms with van der Waals surface area (Å²) in [5, 5.41) is 2.88. The monoisotopic (exact) mass is 346 g/mol. The fraction of sp³-hybridized carbons (Fsp3) is 0.500. The number of nitrogens with one attached hydrogen (secondary N) is 1. The molecule has 1 heterocycles. The number of benzene rings is 1. The molecule has 1 aliphatic heterocycles. The van der Waals surface area contributed by atoms with Crippen molar-refractivity contribution in [2.24, 2.45) is 0 Å². The Morgan fingerprint density at radius 1 is 1.12 bits per heavy atom. The summed E-state index contributed by atoms with van der Waals surface area (Å²) in [5.74, 6) is -0.0550. The smallest absolute Gasteiger partial charge is 0.289 e. The Morgan fingerprint density at radius 3 is 2.42 bits per heavy atom. The first-order valence-electron chi connectivity index (χ1n) is 8.33. The average molecular weight is 346 g/mol. The normalized spacial score (nSPS) is 24.3. The molecule has 0 radical (unpaired) electrons. The lowest BCUT2D eigenvalue weighted by Gasteiger charge is -2.36. The molecule has 0 unspecified atom stereocenters. The summed E-state index contributed by atoms with van der Waals surface area (Å²) in [6.07, 6.45) is 3.53. The van der Waals surface area contributed by atoms with E-state index < -0.39 is 0 Å². The molecule has 1 aliphatic carbocycles. The number of nitrogens with zero attached hydrogens (tertiary/aromatic N) is 1. The van der Waals surface area contributed by atoms with Gasteiger partial charge in [0, 0.05) is 5.56 Å². The zero-order valence-corrected chi connectivity index (χ0v) is 14.8. The molecule has 2 atom stereocenters. The van der Waals surface area contributed by atoms with E-state index >= 15 is 0 Å². The Labute approximate surface area is 146 Å². The highest BCUT2D eigenvalue weighted by molar-refractivity contribution is 8.14. The van der Waals surface area contributed by atoms with Crippen LogP contribution < -0.4 is 5.32 Å². The molecule has 1 saturated carbocycles. The summed E-state index contributed by atoms with van der Waals surface area (Å²) in [7, 11) is 0. The molecule has 24 heavy (non-hydrogen) atoms. The van der Waals surface area contributed by atoms with Crippen molar-refractivity contribution in [3.63, 3.8) is 0 Å². The molecular weight excluding hydrogens is 324 g/mol. The van der Waals surface area contributed by atoms with E-state index in [1.54, 1.807) is 0 Å². The van der Waals surface area contributed by atoms with Crippen LogP contribution in [-0.4, -0.2) is 39.8 Å². The molecular formula is C18H22N2O3S. The van der Waals surface area contributed by atoms with Crippen LogP contribution in [0, 0.1) is 13.8 Å². The highest BCUT2D eigenvalue weighted by Gasteiger charge is 2.41. The molecule has 3 amide bonds. The molecule has 1 aromatic rings. The lowest BCUT2D eigenvalue weighted by molar-refractivity contribution is -0.127. The van der Waals surface area contributed by atoms with Crippen molar-refractivity contribution in [1.82, 2.24) is 10.2 Å². The molecule has 2 aliphatic rings. The third-order valence-electron chi connectivity index (χ3n) is 4.65. The highest BCUT2D eigenvalue weighted by Crippen LogP contribution is 2.30. The van der Waals surface area contributed by atoms with Gasteiger partial charge in [0.05, 0.1) is 17.8 Å². The van der Waals surface area contributed by atoms with Gasteiger partial charge in [0.25, 0.3) is 11.1 Å². The first-order chi connectivity index (χ1) is 11.5. The molecule has 1 aromatic carbocycles. The molecule has 6 heteroatoms. The van der Waals surface area contributed by atoms with Crippen LogP contribution in [0.25, 0.3) is 0 Å². The quantitative estimate of drug-likeness (QED) is 0.913. The van der Waals surface area contributed by atoms with Gasteiger partial charge in [-0.25, -0.2) is 0 Å². The maximum atomic E-state index is 12.6. The first-order valence-corrected chi connectivity index (χ1v) is 9.32. The van der Waals surface area contributed by atoms with Crippen LogP contribution in [0.2, 0.25) is 0 Å². The van der Waals surface area contributed by atoms with Crippen molar-refractivity contribution in [3.8, 4) is 0 Å². The van der Waals surface area contributed by atoms with Crippen molar-refractivity contribution in [2.45, 2.75) is 51.6 Å². The lowest BCUT2D eigenvalue weighted by atomic mass is 9.89. The minimum atomic E-state index is -0.219. The Balaban J connectivity index is 1.77. The van der Waals surface area contributed by atoms with E-state index in [2.05, 4.69) is 5.32 Å². The average Bonchev–Trinajstić information content (AvgIpc) is 2.86. The van der Waals surface area contributed by atoms with E-state index in [9.17, 15) is 14.4 Å². The summed E-state index contributed by atoms with van der Waals surface area (Å²) in [6, 6.07) is 5.37. The van der Waals surface area contributed by atoms with Gasteiger partial charge in [0.1, 0.15) is 0 Å². The largest absolute Gasteiger partial charge is 0.347 e. The van der Waals surface area contributed by atoms with Gasteiger partial charge in [0.2, 0.25) is 5.91 Å². The topological polar surface area (TPSA) is 66.5 Å². The number of imide groups is 1. The van der Waals surface area contributed by atoms with E-state index in [1.165, 1.54) is 4.90 Å². The number of hydrogen-bond acceptors (Lipinski definition) is 4. The van der Waals surface area contributed by atoms with Gasteiger partial charge in [-0.3, -0.25) is 19.3 Å². The maximum Gasteiger partial charge on any atom is 0.289 e. The highest BCUT2D eigenvalue weighted by atomic mass is 32.2. The second-order valence-corrected chi connectivity index (χ2v) is 7.55. The number of carbonyl (C=O) groups excluding carboxylic acids is 3. The molecule has 1 saturated heterocycles. The van der Waals surface area contributed by atoms with Crippen LogP contribution in [0.5, 0.6) is 0 Å². The Bertz CT molecular complexity index is 653. The van der Waals surface area contributed by atoms with Crippen molar-refractivity contribution in [2.75, 3.05) is 5.75 Å². The second-order valence-electron chi connectivity index (χ2n) is 6.63. The van der Waals surface area contributed by atoms with E-state index in [1.807, 2.05) is 32.0 Å². The van der Waals surface area contributed by atoms with Crippen LogP contribution in [0.1, 0.15) is 47.2 Å².